The maximum absolute atomic E-state index is 11.2. The lowest BCUT2D eigenvalue weighted by molar-refractivity contribution is -0.114. The molecule has 0 aliphatic rings. The minimum Gasteiger partial charge on any atom is -0.444 e. The van der Waals surface area contributed by atoms with Gasteiger partial charge in [-0.25, -0.2) is 4.79 Å². The third-order valence-corrected chi connectivity index (χ3v) is 2.64. The summed E-state index contributed by atoms with van der Waals surface area (Å²) in [7, 11) is 0. The first-order chi connectivity index (χ1) is 7.35. The second kappa shape index (κ2) is 7.79. The molecule has 0 aliphatic heterocycles. The van der Waals surface area contributed by atoms with Gasteiger partial charge in [-0.15, -0.1) is 11.6 Å². The van der Waals surface area contributed by atoms with Gasteiger partial charge >= 0.3 is 6.09 Å². The zero-order valence-electron chi connectivity index (χ0n) is 9.84. The van der Waals surface area contributed by atoms with Crippen LogP contribution in [0, 0.1) is 0 Å². The Hall–Kier alpha value is -0.420. The topological polar surface area (TPSA) is 55.4 Å². The van der Waals surface area contributed by atoms with E-state index in [1.807, 2.05) is 0 Å². The number of Topliss-reactive ketones (excluding diaryl/α,β-unsaturated/α-hetero) is 1. The third-order valence-electron chi connectivity index (χ3n) is 1.33. The standard InChI is InChI=1S/C10H18ClNO3S/c1-10(2,3)15-9(14)12-4-5-16-7-8(13)6-11/h4-7H2,1-3H3,(H,12,14). The van der Waals surface area contributed by atoms with Gasteiger partial charge in [0, 0.05) is 12.3 Å². The van der Waals surface area contributed by atoms with Gasteiger partial charge in [-0.3, -0.25) is 4.79 Å². The number of carbonyl (C=O) groups is 2. The molecule has 1 N–H and O–H groups in total. The van der Waals surface area contributed by atoms with Crippen LogP contribution in [0.2, 0.25) is 0 Å². The Labute approximate surface area is 105 Å². The number of alkyl carbamates (subject to hydrolysis) is 1. The smallest absolute Gasteiger partial charge is 0.407 e. The average Bonchev–Trinajstić information content (AvgIpc) is 2.14. The van der Waals surface area contributed by atoms with E-state index in [9.17, 15) is 9.59 Å². The van der Waals surface area contributed by atoms with Crippen LogP contribution in [0.4, 0.5) is 4.79 Å². The number of hydrogen-bond donors (Lipinski definition) is 1. The van der Waals surface area contributed by atoms with E-state index < -0.39 is 11.7 Å². The summed E-state index contributed by atoms with van der Waals surface area (Å²) < 4.78 is 5.04. The molecule has 94 valence electrons. The SMILES string of the molecule is CC(C)(C)OC(=O)NCCSCC(=O)CCl. The molecule has 0 bridgehead atoms. The van der Waals surface area contributed by atoms with Gasteiger partial charge in [0.2, 0.25) is 0 Å². The van der Waals surface area contributed by atoms with Crippen molar-refractivity contribution < 1.29 is 14.3 Å². The van der Waals surface area contributed by atoms with Crippen LogP contribution in [-0.2, 0) is 9.53 Å². The Balaban J connectivity index is 3.45. The van der Waals surface area contributed by atoms with Crippen molar-refractivity contribution in [2.45, 2.75) is 26.4 Å². The molecule has 0 rings (SSSR count). The summed E-state index contributed by atoms with van der Waals surface area (Å²) in [4.78, 5) is 22.0. The number of carbonyl (C=O) groups excluding carboxylic acids is 2. The summed E-state index contributed by atoms with van der Waals surface area (Å²) in [6, 6.07) is 0. The summed E-state index contributed by atoms with van der Waals surface area (Å²) in [6.07, 6.45) is -0.434. The molecule has 0 aromatic carbocycles. The molecule has 0 aliphatic carbocycles. The van der Waals surface area contributed by atoms with Crippen LogP contribution in [0.25, 0.3) is 0 Å². The molecule has 0 atom stereocenters. The molecule has 0 saturated carbocycles. The number of nitrogens with one attached hydrogen (secondary N) is 1. The fraction of sp³-hybridized carbons (Fsp3) is 0.800. The van der Waals surface area contributed by atoms with Crippen molar-refractivity contribution in [1.29, 1.82) is 0 Å². The second-order valence-corrected chi connectivity index (χ2v) is 5.53. The first-order valence-electron chi connectivity index (χ1n) is 4.97. The second-order valence-electron chi connectivity index (χ2n) is 4.15. The zero-order chi connectivity index (χ0) is 12.6. The Morgan fingerprint density at radius 3 is 2.50 bits per heavy atom. The van der Waals surface area contributed by atoms with Gasteiger partial charge in [0.05, 0.1) is 11.6 Å². The van der Waals surface area contributed by atoms with E-state index in [-0.39, 0.29) is 11.7 Å². The van der Waals surface area contributed by atoms with E-state index in [0.29, 0.717) is 18.1 Å². The molecular weight excluding hydrogens is 250 g/mol. The van der Waals surface area contributed by atoms with Crippen LogP contribution in [0.1, 0.15) is 20.8 Å². The molecule has 0 aromatic heterocycles. The molecule has 0 aromatic rings. The van der Waals surface area contributed by atoms with Crippen molar-refractivity contribution in [1.82, 2.24) is 5.32 Å². The summed E-state index contributed by atoms with van der Waals surface area (Å²) in [5, 5.41) is 2.60. The van der Waals surface area contributed by atoms with Gasteiger partial charge in [-0.2, -0.15) is 11.8 Å². The molecule has 0 spiro atoms. The fourth-order valence-corrected chi connectivity index (χ4v) is 1.69. The summed E-state index contributed by atoms with van der Waals surface area (Å²) in [6.45, 7) is 5.90. The highest BCUT2D eigenvalue weighted by Crippen LogP contribution is 2.06. The first kappa shape index (κ1) is 15.6. The molecule has 4 nitrogen and oxygen atoms in total. The summed E-state index contributed by atoms with van der Waals surface area (Å²) >= 11 is 6.78. The molecule has 0 saturated heterocycles. The number of amides is 1. The van der Waals surface area contributed by atoms with Crippen molar-refractivity contribution in [2.75, 3.05) is 23.9 Å². The van der Waals surface area contributed by atoms with Crippen molar-refractivity contribution in [3.63, 3.8) is 0 Å². The number of alkyl halides is 1. The molecule has 16 heavy (non-hydrogen) atoms. The number of ether oxygens (including phenoxy) is 1. The lowest BCUT2D eigenvalue weighted by Crippen LogP contribution is -2.33. The minimum atomic E-state index is -0.480. The Morgan fingerprint density at radius 2 is 2.00 bits per heavy atom. The third kappa shape index (κ3) is 10.1. The highest BCUT2D eigenvalue weighted by Gasteiger charge is 2.15. The summed E-state index contributed by atoms with van der Waals surface area (Å²) in [5.41, 5.74) is -0.480. The number of rotatable bonds is 6. The van der Waals surface area contributed by atoms with Crippen molar-refractivity contribution in [3.05, 3.63) is 0 Å². The molecule has 1 amide bonds. The van der Waals surface area contributed by atoms with Gasteiger partial charge in [0.15, 0.2) is 5.78 Å². The molecule has 0 heterocycles. The Morgan fingerprint density at radius 1 is 1.38 bits per heavy atom. The van der Waals surface area contributed by atoms with Crippen LogP contribution in [0.5, 0.6) is 0 Å². The van der Waals surface area contributed by atoms with E-state index in [1.165, 1.54) is 11.8 Å². The fourth-order valence-electron chi connectivity index (χ4n) is 0.764. The van der Waals surface area contributed by atoms with Crippen LogP contribution in [0.3, 0.4) is 0 Å². The minimum absolute atomic E-state index is 0.00364. The average molecular weight is 268 g/mol. The monoisotopic (exact) mass is 267 g/mol. The van der Waals surface area contributed by atoms with E-state index >= 15 is 0 Å². The van der Waals surface area contributed by atoms with Crippen LogP contribution in [-0.4, -0.2) is 41.4 Å². The Bertz CT molecular complexity index is 241. The number of hydrogen-bond acceptors (Lipinski definition) is 4. The van der Waals surface area contributed by atoms with Gasteiger partial charge in [-0.05, 0) is 20.8 Å². The van der Waals surface area contributed by atoms with E-state index in [0.717, 1.165) is 0 Å². The maximum atomic E-state index is 11.2. The maximum Gasteiger partial charge on any atom is 0.407 e. The summed E-state index contributed by atoms with van der Waals surface area (Å²) in [5.74, 6) is 1.11. The quantitative estimate of drug-likeness (QED) is 0.591. The zero-order valence-corrected chi connectivity index (χ0v) is 11.4. The van der Waals surface area contributed by atoms with Crippen LogP contribution in [0.15, 0.2) is 0 Å². The molecule has 0 fully saturated rings. The van der Waals surface area contributed by atoms with Gasteiger partial charge < -0.3 is 10.1 Å². The molecular formula is C10H18ClNO3S. The molecule has 0 radical (unpaired) electrons. The number of ketones is 1. The van der Waals surface area contributed by atoms with Gasteiger partial charge in [0.1, 0.15) is 5.60 Å². The highest BCUT2D eigenvalue weighted by atomic mass is 35.5. The van der Waals surface area contributed by atoms with Crippen LogP contribution < -0.4 is 5.32 Å². The Kier molecular flexibility index (Phi) is 7.58. The lowest BCUT2D eigenvalue weighted by atomic mass is 10.2. The predicted octanol–water partition coefficient (Wildman–Crippen LogP) is 2.05. The number of halogens is 1. The van der Waals surface area contributed by atoms with Gasteiger partial charge in [-0.1, -0.05) is 0 Å². The number of thioether (sulfide) groups is 1. The van der Waals surface area contributed by atoms with Gasteiger partial charge in [0.25, 0.3) is 0 Å². The van der Waals surface area contributed by atoms with Crippen molar-refractivity contribution in [2.24, 2.45) is 0 Å². The van der Waals surface area contributed by atoms with Crippen molar-refractivity contribution >= 4 is 35.2 Å². The predicted molar refractivity (Wildman–Crippen MR) is 67.3 cm³/mol. The van der Waals surface area contributed by atoms with E-state index in [4.69, 9.17) is 16.3 Å². The van der Waals surface area contributed by atoms with Crippen LogP contribution >= 0.6 is 23.4 Å². The largest absolute Gasteiger partial charge is 0.444 e. The van der Waals surface area contributed by atoms with E-state index in [1.54, 1.807) is 20.8 Å². The van der Waals surface area contributed by atoms with E-state index in [2.05, 4.69) is 5.32 Å². The molecule has 6 heteroatoms. The van der Waals surface area contributed by atoms with Crippen molar-refractivity contribution in [3.8, 4) is 0 Å². The first-order valence-corrected chi connectivity index (χ1v) is 6.66. The molecule has 0 unspecified atom stereocenters. The lowest BCUT2D eigenvalue weighted by Gasteiger charge is -2.19. The highest BCUT2D eigenvalue weighted by molar-refractivity contribution is 7.99. The normalized spacial score (nSPS) is 11.0.